The first-order valence-corrected chi connectivity index (χ1v) is 12.2. The molecule has 1 amide bonds. The highest BCUT2D eigenvalue weighted by molar-refractivity contribution is 7.17. The van der Waals surface area contributed by atoms with Crippen molar-refractivity contribution in [2.45, 2.75) is 39.5 Å². The van der Waals surface area contributed by atoms with Crippen LogP contribution in [0.15, 0.2) is 52.7 Å². The third-order valence-corrected chi connectivity index (χ3v) is 7.30. The Labute approximate surface area is 206 Å². The number of thiophene rings is 1. The second-order valence-corrected chi connectivity index (χ2v) is 9.80. The zero-order chi connectivity index (χ0) is 24.7. The molecule has 3 aromatic rings. The lowest BCUT2D eigenvalue weighted by molar-refractivity contribution is -0.112. The fourth-order valence-corrected chi connectivity index (χ4v) is 5.28. The number of aromatic carboxylic acids is 1. The second kappa shape index (κ2) is 8.99. The summed E-state index contributed by atoms with van der Waals surface area (Å²) in [6.45, 7) is 3.58. The first-order valence-electron chi connectivity index (χ1n) is 11.3. The Kier molecular flexibility index (Phi) is 5.86. The number of hydrogen-bond donors (Lipinski definition) is 3. The van der Waals surface area contributed by atoms with Gasteiger partial charge in [-0.25, -0.2) is 4.79 Å². The maximum absolute atomic E-state index is 13.1. The van der Waals surface area contributed by atoms with Gasteiger partial charge in [0.25, 0.3) is 0 Å². The number of nitrogens with one attached hydrogen (secondary N) is 1. The van der Waals surface area contributed by atoms with E-state index in [1.165, 1.54) is 28.6 Å². The van der Waals surface area contributed by atoms with Crippen molar-refractivity contribution in [2.75, 3.05) is 10.4 Å². The lowest BCUT2D eigenvalue weighted by Crippen LogP contribution is -2.28. The molecule has 2 aromatic carbocycles. The van der Waals surface area contributed by atoms with E-state index in [2.05, 4.69) is 21.7 Å². The molecule has 8 nitrogen and oxygen atoms in total. The Balaban J connectivity index is 1.41. The van der Waals surface area contributed by atoms with Gasteiger partial charge in [-0.15, -0.1) is 11.3 Å². The molecule has 3 N–H and O–H groups in total. The van der Waals surface area contributed by atoms with E-state index >= 15 is 0 Å². The number of carboxylic acid groups (broad SMARTS) is 1. The van der Waals surface area contributed by atoms with Gasteiger partial charge < -0.3 is 10.2 Å². The van der Waals surface area contributed by atoms with Crippen LogP contribution in [-0.2, 0) is 17.6 Å². The number of benzene rings is 2. The number of hydrogen-bond acceptors (Lipinski definition) is 7. The fourth-order valence-electron chi connectivity index (χ4n) is 4.42. The minimum Gasteiger partial charge on any atom is -0.505 e. The Morgan fingerprint density at radius 2 is 1.86 bits per heavy atom. The van der Waals surface area contributed by atoms with Crippen molar-refractivity contribution in [3.05, 3.63) is 64.0 Å². The van der Waals surface area contributed by atoms with Crippen LogP contribution in [0.4, 0.5) is 11.4 Å². The maximum Gasteiger partial charge on any atom is 0.345 e. The van der Waals surface area contributed by atoms with Crippen LogP contribution in [-0.4, -0.2) is 33.5 Å². The molecule has 0 saturated carbocycles. The van der Waals surface area contributed by atoms with Crippen LogP contribution < -0.4 is 10.4 Å². The summed E-state index contributed by atoms with van der Waals surface area (Å²) >= 11 is 1.07. The van der Waals surface area contributed by atoms with Gasteiger partial charge in [0.15, 0.2) is 5.71 Å². The minimum atomic E-state index is -1.02. The van der Waals surface area contributed by atoms with E-state index in [9.17, 15) is 19.8 Å². The van der Waals surface area contributed by atoms with Gasteiger partial charge in [0.1, 0.15) is 10.6 Å². The average molecular weight is 489 g/mol. The zero-order valence-corrected chi connectivity index (χ0v) is 20.1. The molecule has 0 atom stereocenters. The molecule has 0 spiro atoms. The third-order valence-electron chi connectivity index (χ3n) is 6.19. The normalized spacial score (nSPS) is 16.4. The molecule has 0 radical (unpaired) electrons. The summed E-state index contributed by atoms with van der Waals surface area (Å²) in [4.78, 5) is 25.2. The lowest BCUT2D eigenvalue weighted by Gasteiger charge is -2.19. The van der Waals surface area contributed by atoms with Crippen LogP contribution in [0.25, 0.3) is 10.4 Å². The van der Waals surface area contributed by atoms with Crippen molar-refractivity contribution >= 4 is 46.0 Å². The number of aromatic hydroxyl groups is 1. The topological polar surface area (TPSA) is 115 Å². The maximum atomic E-state index is 13.1. The molecule has 0 unspecified atom stereocenters. The smallest absolute Gasteiger partial charge is 0.345 e. The van der Waals surface area contributed by atoms with Crippen LogP contribution in [0.1, 0.15) is 46.1 Å². The monoisotopic (exact) mass is 488 g/mol. The van der Waals surface area contributed by atoms with E-state index in [4.69, 9.17) is 0 Å². The van der Waals surface area contributed by atoms with Crippen LogP contribution in [0.2, 0.25) is 0 Å². The van der Waals surface area contributed by atoms with Crippen LogP contribution >= 0.6 is 11.3 Å². The van der Waals surface area contributed by atoms with Crippen LogP contribution in [0.3, 0.4) is 0 Å². The summed E-state index contributed by atoms with van der Waals surface area (Å²) < 4.78 is 0. The summed E-state index contributed by atoms with van der Waals surface area (Å²) in [5, 5.41) is 30.1. The molecule has 2 heterocycles. The number of phenolic OH excluding ortho intramolecular Hbond substituents is 1. The molecule has 0 saturated heterocycles. The predicted molar refractivity (Wildman–Crippen MR) is 138 cm³/mol. The molecule has 0 bridgehead atoms. The average Bonchev–Trinajstić information content (AvgIpc) is 3.44. The summed E-state index contributed by atoms with van der Waals surface area (Å²) in [6, 6.07) is 12.7. The van der Waals surface area contributed by atoms with Crippen molar-refractivity contribution in [1.82, 2.24) is 0 Å². The molecule has 1 aliphatic heterocycles. The number of amides is 1. The predicted octanol–water partition coefficient (Wildman–Crippen LogP) is 5.20. The third kappa shape index (κ3) is 4.30. The Bertz CT molecular complexity index is 1420. The van der Waals surface area contributed by atoms with E-state index in [1.54, 1.807) is 25.1 Å². The van der Waals surface area contributed by atoms with E-state index in [-0.39, 0.29) is 22.2 Å². The van der Waals surface area contributed by atoms with Crippen molar-refractivity contribution in [2.24, 2.45) is 10.2 Å². The number of hydrazone groups is 2. The van der Waals surface area contributed by atoms with E-state index < -0.39 is 5.97 Å². The first-order chi connectivity index (χ1) is 16.8. The molecule has 178 valence electrons. The van der Waals surface area contributed by atoms with E-state index in [0.29, 0.717) is 27.5 Å². The Hall–Kier alpha value is -3.98. The largest absolute Gasteiger partial charge is 0.505 e. The lowest BCUT2D eigenvalue weighted by atomic mass is 9.91. The number of carbonyl (C=O) groups excluding carboxylic acids is 1. The molecule has 0 fully saturated rings. The second-order valence-electron chi connectivity index (χ2n) is 8.71. The SMILES string of the molecule is CC1=NN(c2ccc3c(c2)CCCC3)C(=O)C1=NNc1cc(C)cc(-c2ccc(C(=O)O)s2)c1O. The number of anilines is 2. The number of fused-ring (bicyclic) bond motifs is 1. The zero-order valence-electron chi connectivity index (χ0n) is 19.3. The molecule has 9 heteroatoms. The summed E-state index contributed by atoms with van der Waals surface area (Å²) in [6.07, 6.45) is 4.40. The number of rotatable bonds is 5. The van der Waals surface area contributed by atoms with Crippen molar-refractivity contribution < 1.29 is 19.8 Å². The van der Waals surface area contributed by atoms with Crippen molar-refractivity contribution in [3.8, 4) is 16.2 Å². The van der Waals surface area contributed by atoms with Gasteiger partial charge in [0, 0.05) is 10.4 Å². The van der Waals surface area contributed by atoms with Crippen LogP contribution in [0.5, 0.6) is 5.75 Å². The van der Waals surface area contributed by atoms with Gasteiger partial charge >= 0.3 is 11.9 Å². The van der Waals surface area contributed by atoms with Gasteiger partial charge in [0.2, 0.25) is 0 Å². The van der Waals surface area contributed by atoms with Gasteiger partial charge in [-0.2, -0.15) is 15.2 Å². The minimum absolute atomic E-state index is 0.0784. The molecule has 1 aromatic heterocycles. The molecule has 2 aliphatic rings. The van der Waals surface area contributed by atoms with Crippen molar-refractivity contribution in [3.63, 3.8) is 0 Å². The van der Waals surface area contributed by atoms with Gasteiger partial charge in [-0.3, -0.25) is 10.2 Å². The molecule has 35 heavy (non-hydrogen) atoms. The van der Waals surface area contributed by atoms with Crippen molar-refractivity contribution in [1.29, 1.82) is 0 Å². The number of nitrogens with zero attached hydrogens (tertiary/aromatic N) is 3. The number of carboxylic acids is 1. The first kappa shape index (κ1) is 22.8. The highest BCUT2D eigenvalue weighted by Gasteiger charge is 2.31. The van der Waals surface area contributed by atoms with Gasteiger partial charge in [0.05, 0.1) is 17.1 Å². The van der Waals surface area contributed by atoms with E-state index in [0.717, 1.165) is 36.2 Å². The Morgan fingerprint density at radius 1 is 1.09 bits per heavy atom. The van der Waals surface area contributed by atoms with Gasteiger partial charge in [-0.1, -0.05) is 6.07 Å². The quantitative estimate of drug-likeness (QED) is 0.337. The molecular formula is C26H24N4O4S. The standard InChI is InChI=1S/C26H24N4O4S/c1-14-11-19(21-9-10-22(35-21)26(33)34)24(31)20(12-14)27-28-23-15(2)29-30(25(23)32)18-8-7-16-5-3-4-6-17(16)13-18/h7-13,27,31H,3-6H2,1-2H3,(H,33,34). The molecule has 5 rings (SSSR count). The highest BCUT2D eigenvalue weighted by atomic mass is 32.1. The fraction of sp³-hybridized carbons (Fsp3) is 0.231. The Morgan fingerprint density at radius 3 is 2.60 bits per heavy atom. The molecule has 1 aliphatic carbocycles. The molecular weight excluding hydrogens is 464 g/mol. The van der Waals surface area contributed by atoms with Crippen LogP contribution in [0, 0.1) is 6.92 Å². The van der Waals surface area contributed by atoms with E-state index in [1.807, 2.05) is 19.1 Å². The van der Waals surface area contributed by atoms with Gasteiger partial charge in [-0.05, 0) is 92.6 Å². The summed E-state index contributed by atoms with van der Waals surface area (Å²) in [5.74, 6) is -1.44. The summed E-state index contributed by atoms with van der Waals surface area (Å²) in [5.41, 5.74) is 8.39. The number of phenols is 1. The number of aryl methyl sites for hydroxylation is 3. The highest BCUT2D eigenvalue weighted by Crippen LogP contribution is 2.40. The number of carbonyl (C=O) groups is 2. The summed E-state index contributed by atoms with van der Waals surface area (Å²) in [7, 11) is 0.